The Morgan fingerprint density at radius 2 is 1.51 bits per heavy atom. The monoisotopic (exact) mass is 607 g/mol. The first-order valence-electron chi connectivity index (χ1n) is 15.5. The minimum absolute atomic E-state index is 0.0736. The van der Waals surface area contributed by atoms with E-state index in [1.807, 2.05) is 6.21 Å². The van der Waals surface area contributed by atoms with Crippen LogP contribution in [0.4, 0.5) is 4.79 Å². The summed E-state index contributed by atoms with van der Waals surface area (Å²) in [5.74, 6) is 1.41. The Kier molecular flexibility index (Phi) is 23.9. The van der Waals surface area contributed by atoms with Gasteiger partial charge in [-0.3, -0.25) is 9.79 Å². The van der Waals surface area contributed by atoms with Gasteiger partial charge in [-0.05, 0) is 19.3 Å². The van der Waals surface area contributed by atoms with E-state index in [1.54, 1.807) is 18.9 Å². The minimum Gasteiger partial charge on any atom is -0.379 e. The number of hydrogen-bond donors (Lipinski definition) is 2. The zero-order chi connectivity index (χ0) is 28.4. The topological polar surface area (TPSA) is 96.9 Å². The number of nitrogens with one attached hydrogen (secondary N) is 2. The molecule has 0 bridgehead atoms. The van der Waals surface area contributed by atoms with Crippen molar-refractivity contribution in [2.45, 2.75) is 134 Å². The Morgan fingerprint density at radius 1 is 0.949 bits per heavy atom. The van der Waals surface area contributed by atoms with Crippen LogP contribution in [-0.4, -0.2) is 68.8 Å². The third-order valence-corrected chi connectivity index (χ3v) is 10.5. The van der Waals surface area contributed by atoms with Crippen molar-refractivity contribution in [3.63, 3.8) is 0 Å². The number of carbonyl (C=O) groups excluding carboxylic acids is 1. The fourth-order valence-corrected chi connectivity index (χ4v) is 7.38. The van der Waals surface area contributed by atoms with Gasteiger partial charge in [0.15, 0.2) is 0 Å². The number of sulfonamides is 1. The number of amides is 1. The molecule has 1 aliphatic rings. The van der Waals surface area contributed by atoms with Gasteiger partial charge in [-0.1, -0.05) is 115 Å². The summed E-state index contributed by atoms with van der Waals surface area (Å²) in [6, 6.07) is 0. The summed E-state index contributed by atoms with van der Waals surface area (Å²) in [6.45, 7) is 3.14. The third-order valence-electron chi connectivity index (χ3n) is 7.06. The molecule has 2 N–H and O–H groups in total. The molecular formula is C29H57N3O4S3. The molecular weight excluding hydrogens is 551 g/mol. The van der Waals surface area contributed by atoms with Crippen molar-refractivity contribution in [3.8, 4) is 0 Å². The highest BCUT2D eigenvalue weighted by Gasteiger charge is 2.18. The maximum atomic E-state index is 12.2. The van der Waals surface area contributed by atoms with Crippen LogP contribution in [0.3, 0.4) is 0 Å². The van der Waals surface area contributed by atoms with Gasteiger partial charge in [-0.25, -0.2) is 13.1 Å². The fraction of sp³-hybridized carbons (Fsp3) is 0.931. The molecule has 2 unspecified atom stereocenters. The summed E-state index contributed by atoms with van der Waals surface area (Å²) in [7, 11) is -1.81. The molecule has 0 saturated carbocycles. The lowest BCUT2D eigenvalue weighted by Crippen LogP contribution is -2.36. The number of aliphatic imine (C=N–C) groups is 1. The van der Waals surface area contributed by atoms with Gasteiger partial charge in [-0.2, -0.15) is 0 Å². The number of thioether (sulfide) groups is 2. The van der Waals surface area contributed by atoms with E-state index in [9.17, 15) is 13.2 Å². The number of methoxy groups -OCH3 is 1. The maximum absolute atomic E-state index is 12.2. The second-order valence-electron chi connectivity index (χ2n) is 10.6. The number of unbranched alkanes of at least 4 members (excludes halogenated alkanes) is 15. The van der Waals surface area contributed by atoms with Crippen LogP contribution in [0.1, 0.15) is 122 Å². The molecule has 39 heavy (non-hydrogen) atoms. The van der Waals surface area contributed by atoms with Crippen LogP contribution in [0.5, 0.6) is 0 Å². The zero-order valence-electron chi connectivity index (χ0n) is 24.8. The molecule has 7 nitrogen and oxygen atoms in total. The van der Waals surface area contributed by atoms with Crippen molar-refractivity contribution >= 4 is 45.0 Å². The summed E-state index contributed by atoms with van der Waals surface area (Å²) in [6.07, 6.45) is 24.3. The lowest BCUT2D eigenvalue weighted by Gasteiger charge is -2.16. The highest BCUT2D eigenvalue weighted by atomic mass is 32.2. The van der Waals surface area contributed by atoms with Gasteiger partial charge >= 0.3 is 0 Å². The van der Waals surface area contributed by atoms with Gasteiger partial charge < -0.3 is 10.1 Å². The van der Waals surface area contributed by atoms with Gasteiger partial charge in [0.25, 0.3) is 5.24 Å². The molecule has 1 rings (SSSR count). The van der Waals surface area contributed by atoms with Gasteiger partial charge in [0.2, 0.25) is 10.0 Å². The number of nitrogens with zero attached hydrogens (tertiary/aromatic N) is 1. The molecule has 1 aliphatic heterocycles. The van der Waals surface area contributed by atoms with Crippen LogP contribution in [0, 0.1) is 0 Å². The zero-order valence-corrected chi connectivity index (χ0v) is 27.2. The van der Waals surface area contributed by atoms with Crippen LogP contribution in [0.15, 0.2) is 4.99 Å². The number of rotatable bonds is 27. The van der Waals surface area contributed by atoms with E-state index in [0.717, 1.165) is 36.8 Å². The Bertz CT molecular complexity index is 723. The van der Waals surface area contributed by atoms with Gasteiger partial charge in [0, 0.05) is 37.9 Å². The molecule has 0 aromatic rings. The molecule has 2 atom stereocenters. The Hall–Kier alpha value is -0.290. The Balaban J connectivity index is 1.90. The molecule has 0 aromatic heterocycles. The first-order valence-corrected chi connectivity index (χ1v) is 19.2. The van der Waals surface area contributed by atoms with E-state index in [0.29, 0.717) is 18.7 Å². The normalized spacial score (nSPS) is 16.1. The van der Waals surface area contributed by atoms with E-state index < -0.39 is 10.0 Å². The first kappa shape index (κ1) is 36.7. The standard InChI is InChI=1S/C29H57N3O4S3/c1-3-4-5-6-7-8-9-10-11-12-13-14-15-16-17-18-21-31-29(33)38-26-27(36-2)25-32-39(34,35)24-19-20-28-30-22-23-37-28/h22,27-28,32H,3-21,23-26H2,1-2H3,(H,31,33). The van der Waals surface area contributed by atoms with Crippen LogP contribution in [0.25, 0.3) is 0 Å². The maximum Gasteiger partial charge on any atom is 0.279 e. The highest BCUT2D eigenvalue weighted by molar-refractivity contribution is 8.13. The Labute approximate surface area is 248 Å². The average molecular weight is 608 g/mol. The molecule has 10 heteroatoms. The summed E-state index contributed by atoms with van der Waals surface area (Å²) >= 11 is 2.90. The van der Waals surface area contributed by atoms with E-state index in [2.05, 4.69) is 22.0 Å². The van der Waals surface area contributed by atoms with E-state index >= 15 is 0 Å². The number of hydrogen-bond acceptors (Lipinski definition) is 7. The van der Waals surface area contributed by atoms with Crippen LogP contribution in [-0.2, 0) is 14.8 Å². The van der Waals surface area contributed by atoms with Crippen molar-refractivity contribution < 1.29 is 17.9 Å². The quantitative estimate of drug-likeness (QED) is 0.0936. The number of carbonyl (C=O) groups is 1. The molecule has 1 heterocycles. The highest BCUT2D eigenvalue weighted by Crippen LogP contribution is 2.21. The van der Waals surface area contributed by atoms with Crippen LogP contribution in [0.2, 0.25) is 0 Å². The smallest absolute Gasteiger partial charge is 0.279 e. The van der Waals surface area contributed by atoms with Crippen molar-refractivity contribution in [3.05, 3.63) is 0 Å². The molecule has 1 amide bonds. The lowest BCUT2D eigenvalue weighted by molar-refractivity contribution is 0.126. The molecule has 0 fully saturated rings. The molecule has 230 valence electrons. The largest absolute Gasteiger partial charge is 0.379 e. The van der Waals surface area contributed by atoms with Gasteiger partial charge in [0.05, 0.1) is 17.2 Å². The average Bonchev–Trinajstić information content (AvgIpc) is 3.44. The number of ether oxygens (including phenoxy) is 1. The summed E-state index contributed by atoms with van der Waals surface area (Å²) < 4.78 is 32.5. The van der Waals surface area contributed by atoms with Crippen LogP contribution >= 0.6 is 23.5 Å². The minimum atomic E-state index is -3.36. The lowest BCUT2D eigenvalue weighted by atomic mass is 10.0. The summed E-state index contributed by atoms with van der Waals surface area (Å²) in [4.78, 5) is 16.4. The van der Waals surface area contributed by atoms with Crippen molar-refractivity contribution in [2.75, 3.05) is 37.5 Å². The predicted molar refractivity (Wildman–Crippen MR) is 172 cm³/mol. The second kappa shape index (κ2) is 25.4. The molecule has 0 saturated heterocycles. The predicted octanol–water partition coefficient (Wildman–Crippen LogP) is 7.55. The van der Waals surface area contributed by atoms with Gasteiger partial charge in [0.1, 0.15) is 0 Å². The summed E-state index contributed by atoms with van der Waals surface area (Å²) in [5, 5.41) is 3.08. The Morgan fingerprint density at radius 3 is 2.03 bits per heavy atom. The van der Waals surface area contributed by atoms with Crippen molar-refractivity contribution in [1.29, 1.82) is 0 Å². The van der Waals surface area contributed by atoms with Crippen molar-refractivity contribution in [2.24, 2.45) is 4.99 Å². The molecule has 0 radical (unpaired) electrons. The fourth-order valence-electron chi connectivity index (χ4n) is 4.55. The van der Waals surface area contributed by atoms with E-state index in [4.69, 9.17) is 4.74 Å². The van der Waals surface area contributed by atoms with Gasteiger partial charge in [-0.15, -0.1) is 11.8 Å². The molecule has 0 spiro atoms. The second-order valence-corrected chi connectivity index (χ2v) is 14.7. The SMILES string of the molecule is CCCCCCCCCCCCCCCCCCNC(=O)SCC(CNS(=O)(=O)CCCC1N=CCS1)OC. The van der Waals surface area contributed by atoms with Crippen molar-refractivity contribution in [1.82, 2.24) is 10.0 Å². The molecule has 0 aromatic carbocycles. The summed E-state index contributed by atoms with van der Waals surface area (Å²) in [5.41, 5.74) is 0. The van der Waals surface area contributed by atoms with E-state index in [1.165, 1.54) is 89.9 Å². The molecule has 0 aliphatic carbocycles. The van der Waals surface area contributed by atoms with Crippen LogP contribution < -0.4 is 10.0 Å². The first-order chi connectivity index (χ1) is 19.0. The third kappa shape index (κ3) is 23.0. The van der Waals surface area contributed by atoms with E-state index in [-0.39, 0.29) is 29.0 Å².